The summed E-state index contributed by atoms with van der Waals surface area (Å²) in [5, 5.41) is 3.14. The zero-order valence-corrected chi connectivity index (χ0v) is 11.7. The molecule has 2 rings (SSSR count). The highest BCUT2D eigenvalue weighted by Gasteiger charge is 2.13. The van der Waals surface area contributed by atoms with Crippen molar-refractivity contribution in [2.75, 3.05) is 11.9 Å². The van der Waals surface area contributed by atoms with Crippen molar-refractivity contribution in [2.45, 2.75) is 32.6 Å². The normalized spacial score (nSPS) is 11.6. The Morgan fingerprint density at radius 3 is 2.47 bits per heavy atom. The van der Waals surface area contributed by atoms with E-state index in [2.05, 4.69) is 43.2 Å². The number of nitrogens with two attached hydrogens (primary N) is 1. The topological polar surface area (TPSA) is 64.1 Å². The molecule has 1 aromatic carbocycles. The lowest BCUT2D eigenvalue weighted by Gasteiger charge is -2.19. The van der Waals surface area contributed by atoms with Crippen LogP contribution in [0.25, 0.3) is 0 Å². The third-order valence-corrected chi connectivity index (χ3v) is 2.95. The quantitative estimate of drug-likeness (QED) is 0.885. The predicted octanol–water partition coefficient (Wildman–Crippen LogP) is 3.22. The largest absolute Gasteiger partial charge is 0.432 e. The number of hydrogen-bond donors (Lipinski definition) is 2. The standard InChI is InChI=1S/C15H21N3O/c1-15(2,3)11-4-6-12(7-5-11)17-14-18-13(8-9-16)10-19-14/h4-7,10H,8-9,16H2,1-3H3,(H,17,18). The first kappa shape index (κ1) is 13.6. The number of oxazole rings is 1. The molecule has 0 unspecified atom stereocenters. The highest BCUT2D eigenvalue weighted by Crippen LogP contribution is 2.24. The first-order valence-electron chi connectivity index (χ1n) is 6.51. The van der Waals surface area contributed by atoms with E-state index in [1.165, 1.54) is 5.56 Å². The van der Waals surface area contributed by atoms with E-state index < -0.39 is 0 Å². The summed E-state index contributed by atoms with van der Waals surface area (Å²) in [6.45, 7) is 7.17. The van der Waals surface area contributed by atoms with E-state index in [-0.39, 0.29) is 5.41 Å². The second-order valence-electron chi connectivity index (χ2n) is 5.64. The fraction of sp³-hybridized carbons (Fsp3) is 0.400. The number of rotatable bonds is 4. The van der Waals surface area contributed by atoms with Gasteiger partial charge in [0.25, 0.3) is 6.01 Å². The molecule has 0 radical (unpaired) electrons. The molecule has 0 saturated heterocycles. The summed E-state index contributed by atoms with van der Waals surface area (Å²) in [4.78, 5) is 4.31. The number of aromatic nitrogens is 1. The minimum Gasteiger partial charge on any atom is -0.432 e. The van der Waals surface area contributed by atoms with Crippen LogP contribution in [-0.4, -0.2) is 11.5 Å². The van der Waals surface area contributed by atoms with Crippen LogP contribution < -0.4 is 11.1 Å². The fourth-order valence-electron chi connectivity index (χ4n) is 1.80. The van der Waals surface area contributed by atoms with Crippen LogP contribution in [-0.2, 0) is 11.8 Å². The van der Waals surface area contributed by atoms with Gasteiger partial charge in [0.2, 0.25) is 0 Å². The van der Waals surface area contributed by atoms with Crippen LogP contribution >= 0.6 is 0 Å². The molecule has 0 amide bonds. The van der Waals surface area contributed by atoms with E-state index in [0.717, 1.165) is 17.8 Å². The van der Waals surface area contributed by atoms with Gasteiger partial charge in [-0.3, -0.25) is 0 Å². The Kier molecular flexibility index (Phi) is 3.90. The smallest absolute Gasteiger partial charge is 0.299 e. The Morgan fingerprint density at radius 1 is 1.21 bits per heavy atom. The summed E-state index contributed by atoms with van der Waals surface area (Å²) in [7, 11) is 0. The molecule has 0 aliphatic heterocycles. The lowest BCUT2D eigenvalue weighted by atomic mass is 9.87. The van der Waals surface area contributed by atoms with Crippen molar-refractivity contribution in [2.24, 2.45) is 5.73 Å². The third kappa shape index (κ3) is 3.58. The number of nitrogens with one attached hydrogen (secondary N) is 1. The Bertz CT molecular complexity index is 523. The molecule has 4 heteroatoms. The van der Waals surface area contributed by atoms with Gasteiger partial charge in [-0.05, 0) is 29.7 Å². The molecule has 102 valence electrons. The van der Waals surface area contributed by atoms with Gasteiger partial charge >= 0.3 is 0 Å². The molecular formula is C15H21N3O. The van der Waals surface area contributed by atoms with Gasteiger partial charge in [0.1, 0.15) is 6.26 Å². The zero-order valence-electron chi connectivity index (χ0n) is 11.7. The highest BCUT2D eigenvalue weighted by atomic mass is 16.4. The molecule has 2 aromatic rings. The van der Waals surface area contributed by atoms with Crippen LogP contribution in [0.5, 0.6) is 0 Å². The summed E-state index contributed by atoms with van der Waals surface area (Å²) in [5.41, 5.74) is 8.78. The highest BCUT2D eigenvalue weighted by molar-refractivity contribution is 5.53. The summed E-state index contributed by atoms with van der Waals surface area (Å²) in [6.07, 6.45) is 2.37. The van der Waals surface area contributed by atoms with Crippen LogP contribution in [0, 0.1) is 0 Å². The maximum absolute atomic E-state index is 5.48. The summed E-state index contributed by atoms with van der Waals surface area (Å²) < 4.78 is 5.34. The van der Waals surface area contributed by atoms with Crippen molar-refractivity contribution in [3.05, 3.63) is 41.8 Å². The van der Waals surface area contributed by atoms with E-state index >= 15 is 0 Å². The number of anilines is 2. The van der Waals surface area contributed by atoms with Gasteiger partial charge in [0.05, 0.1) is 5.69 Å². The van der Waals surface area contributed by atoms with Crippen molar-refractivity contribution in [1.82, 2.24) is 4.98 Å². The molecule has 0 aliphatic carbocycles. The molecule has 3 N–H and O–H groups in total. The van der Waals surface area contributed by atoms with Gasteiger partial charge in [0, 0.05) is 12.1 Å². The Balaban J connectivity index is 2.06. The van der Waals surface area contributed by atoms with E-state index in [0.29, 0.717) is 12.6 Å². The second kappa shape index (κ2) is 5.45. The SMILES string of the molecule is CC(C)(C)c1ccc(Nc2nc(CCN)co2)cc1. The van der Waals surface area contributed by atoms with Gasteiger partial charge < -0.3 is 15.5 Å². The molecule has 0 aliphatic rings. The summed E-state index contributed by atoms with van der Waals surface area (Å²) in [6, 6.07) is 8.81. The Hall–Kier alpha value is -1.81. The predicted molar refractivity (Wildman–Crippen MR) is 77.7 cm³/mol. The number of nitrogens with zero attached hydrogens (tertiary/aromatic N) is 1. The van der Waals surface area contributed by atoms with Crippen LogP contribution in [0.2, 0.25) is 0 Å². The summed E-state index contributed by atoms with van der Waals surface area (Å²) >= 11 is 0. The average Bonchev–Trinajstić information content (AvgIpc) is 2.77. The minimum atomic E-state index is 0.162. The first-order chi connectivity index (χ1) is 8.99. The van der Waals surface area contributed by atoms with Gasteiger partial charge in [0.15, 0.2) is 0 Å². The van der Waals surface area contributed by atoms with Crippen LogP contribution in [0.3, 0.4) is 0 Å². The van der Waals surface area contributed by atoms with Crippen molar-refractivity contribution in [3.8, 4) is 0 Å². The molecular weight excluding hydrogens is 238 g/mol. The molecule has 0 fully saturated rings. The van der Waals surface area contributed by atoms with Crippen molar-refractivity contribution < 1.29 is 4.42 Å². The van der Waals surface area contributed by atoms with E-state index in [1.807, 2.05) is 12.1 Å². The van der Waals surface area contributed by atoms with Gasteiger partial charge in [-0.15, -0.1) is 0 Å². The van der Waals surface area contributed by atoms with Crippen LogP contribution in [0.15, 0.2) is 34.9 Å². The van der Waals surface area contributed by atoms with Gasteiger partial charge in [-0.1, -0.05) is 32.9 Å². The Labute approximate surface area is 114 Å². The van der Waals surface area contributed by atoms with Crippen molar-refractivity contribution in [1.29, 1.82) is 0 Å². The maximum Gasteiger partial charge on any atom is 0.299 e. The van der Waals surface area contributed by atoms with E-state index in [4.69, 9.17) is 10.2 Å². The van der Waals surface area contributed by atoms with Crippen molar-refractivity contribution in [3.63, 3.8) is 0 Å². The molecule has 0 bridgehead atoms. The van der Waals surface area contributed by atoms with Crippen LogP contribution in [0.1, 0.15) is 32.0 Å². The van der Waals surface area contributed by atoms with Gasteiger partial charge in [-0.25, -0.2) is 0 Å². The van der Waals surface area contributed by atoms with E-state index in [9.17, 15) is 0 Å². The fourth-order valence-corrected chi connectivity index (χ4v) is 1.80. The zero-order chi connectivity index (χ0) is 13.9. The molecule has 4 nitrogen and oxygen atoms in total. The third-order valence-electron chi connectivity index (χ3n) is 2.95. The maximum atomic E-state index is 5.48. The van der Waals surface area contributed by atoms with Gasteiger partial charge in [-0.2, -0.15) is 4.98 Å². The number of hydrogen-bond acceptors (Lipinski definition) is 4. The molecule has 1 aromatic heterocycles. The lowest BCUT2D eigenvalue weighted by Crippen LogP contribution is -2.10. The molecule has 1 heterocycles. The average molecular weight is 259 g/mol. The second-order valence-corrected chi connectivity index (χ2v) is 5.64. The Morgan fingerprint density at radius 2 is 1.89 bits per heavy atom. The van der Waals surface area contributed by atoms with Crippen LogP contribution in [0.4, 0.5) is 11.7 Å². The summed E-state index contributed by atoms with van der Waals surface area (Å²) in [5.74, 6) is 0. The monoisotopic (exact) mass is 259 g/mol. The van der Waals surface area contributed by atoms with Crippen molar-refractivity contribution >= 4 is 11.7 Å². The first-order valence-corrected chi connectivity index (χ1v) is 6.51. The molecule has 19 heavy (non-hydrogen) atoms. The molecule has 0 spiro atoms. The number of benzene rings is 1. The van der Waals surface area contributed by atoms with E-state index in [1.54, 1.807) is 6.26 Å². The molecule has 0 saturated carbocycles. The molecule has 0 atom stereocenters. The lowest BCUT2D eigenvalue weighted by molar-refractivity contribution is 0.575. The minimum absolute atomic E-state index is 0.162.